The molecule has 3 aromatic rings. The van der Waals surface area contributed by atoms with Gasteiger partial charge >= 0.3 is 0 Å². The maximum Gasteiger partial charge on any atom is 0.0861 e. The molecule has 0 saturated heterocycles. The highest BCUT2D eigenvalue weighted by atomic mass is 14.9. The van der Waals surface area contributed by atoms with Crippen LogP contribution < -0.4 is 10.6 Å². The Bertz CT molecular complexity index is 1240. The minimum atomic E-state index is 0.677. The Kier molecular flexibility index (Phi) is 12.9. The highest BCUT2D eigenvalue weighted by molar-refractivity contribution is 6.08. The largest absolute Gasteiger partial charge is 0.392 e. The third-order valence-corrected chi connectivity index (χ3v) is 6.69. The lowest BCUT2D eigenvalue weighted by molar-refractivity contribution is 0.632. The van der Waals surface area contributed by atoms with Crippen LogP contribution in [-0.2, 0) is 12.8 Å². The van der Waals surface area contributed by atoms with Crippen molar-refractivity contribution >= 4 is 25.3 Å². The number of rotatable bonds is 16. The first-order chi connectivity index (χ1) is 19.1. The number of unbranched alkanes of at least 4 members (excludes halogenated alkanes) is 4. The van der Waals surface area contributed by atoms with E-state index in [4.69, 9.17) is 12.8 Å². The number of aryl methyl sites for hydroxylation is 1. The molecule has 2 N–H and O–H groups in total. The van der Waals surface area contributed by atoms with E-state index in [1.165, 1.54) is 36.8 Å². The van der Waals surface area contributed by atoms with E-state index in [1.807, 2.05) is 44.6 Å². The van der Waals surface area contributed by atoms with Gasteiger partial charge in [0.2, 0.25) is 0 Å². The summed E-state index contributed by atoms with van der Waals surface area (Å²) in [7, 11) is 9.46. The van der Waals surface area contributed by atoms with E-state index >= 15 is 0 Å². The zero-order chi connectivity index (χ0) is 27.7. The zero-order valence-corrected chi connectivity index (χ0v) is 23.6. The molecule has 2 radical (unpaired) electrons. The van der Waals surface area contributed by atoms with Crippen molar-refractivity contribution in [3.63, 3.8) is 0 Å². The molecule has 3 aromatic carbocycles. The molecule has 0 amide bonds. The van der Waals surface area contributed by atoms with Gasteiger partial charge in [-0.25, -0.2) is 0 Å². The van der Waals surface area contributed by atoms with E-state index in [1.54, 1.807) is 0 Å². The molecule has 0 spiro atoms. The third kappa shape index (κ3) is 10.1. The molecular formula is C35H42BN3. The van der Waals surface area contributed by atoms with Gasteiger partial charge < -0.3 is 10.6 Å². The number of hydrogen-bond acceptors (Lipinski definition) is 3. The van der Waals surface area contributed by atoms with Crippen LogP contribution >= 0.6 is 0 Å². The predicted octanol–water partition coefficient (Wildman–Crippen LogP) is 7.78. The molecular weight excluding hydrogens is 473 g/mol. The lowest BCUT2D eigenvalue weighted by Crippen LogP contribution is -2.17. The van der Waals surface area contributed by atoms with Crippen molar-refractivity contribution in [3.8, 4) is 0 Å². The molecule has 0 bridgehead atoms. The molecule has 0 aliphatic carbocycles. The number of nitrogens with zero attached hydrogens (tertiary/aromatic N) is 1. The Labute approximate surface area is 237 Å². The van der Waals surface area contributed by atoms with Crippen molar-refractivity contribution in [2.75, 3.05) is 14.1 Å². The molecule has 0 unspecified atom stereocenters. The molecule has 0 aliphatic heterocycles. The lowest BCUT2D eigenvalue weighted by atomic mass is 9.97. The van der Waals surface area contributed by atoms with Gasteiger partial charge in [-0.15, -0.1) is 0 Å². The van der Waals surface area contributed by atoms with Crippen LogP contribution in [0.1, 0.15) is 54.4 Å². The number of hydrogen-bond donors (Lipinski definition) is 2. The van der Waals surface area contributed by atoms with E-state index in [0.29, 0.717) is 6.42 Å². The van der Waals surface area contributed by atoms with Crippen molar-refractivity contribution in [2.24, 2.45) is 4.99 Å². The molecule has 3 nitrogen and oxygen atoms in total. The number of aliphatic imine (C=N–C) groups is 1. The van der Waals surface area contributed by atoms with Crippen molar-refractivity contribution in [2.45, 2.75) is 51.3 Å². The minimum absolute atomic E-state index is 0.677. The Morgan fingerprint density at radius 3 is 2.18 bits per heavy atom. The summed E-state index contributed by atoms with van der Waals surface area (Å²) in [5.41, 5.74) is 8.40. The van der Waals surface area contributed by atoms with Crippen LogP contribution in [0.5, 0.6) is 0 Å². The number of allylic oxidation sites excluding steroid dienone is 1. The van der Waals surface area contributed by atoms with Gasteiger partial charge in [0.15, 0.2) is 0 Å². The summed E-state index contributed by atoms with van der Waals surface area (Å²) in [4.78, 5) is 5.16. The zero-order valence-electron chi connectivity index (χ0n) is 23.6. The molecule has 0 fully saturated rings. The normalized spacial score (nSPS) is 12.3. The van der Waals surface area contributed by atoms with Crippen LogP contribution in [0.25, 0.3) is 11.8 Å². The molecule has 0 aliphatic rings. The Morgan fingerprint density at radius 2 is 1.49 bits per heavy atom. The van der Waals surface area contributed by atoms with Crippen LogP contribution in [0.2, 0.25) is 6.32 Å². The molecule has 0 heterocycles. The topological polar surface area (TPSA) is 36.4 Å². The van der Waals surface area contributed by atoms with E-state index < -0.39 is 0 Å². The van der Waals surface area contributed by atoms with Gasteiger partial charge in [0.05, 0.1) is 19.3 Å². The summed E-state index contributed by atoms with van der Waals surface area (Å²) < 4.78 is 0. The summed E-state index contributed by atoms with van der Waals surface area (Å²) in [6, 6.07) is 29.5. The molecule has 0 atom stereocenters. The Hall–Kier alpha value is -3.79. The fraction of sp³-hybridized carbons (Fsp3) is 0.286. The van der Waals surface area contributed by atoms with Crippen molar-refractivity contribution in [3.05, 3.63) is 131 Å². The van der Waals surface area contributed by atoms with Gasteiger partial charge in [-0.2, -0.15) is 0 Å². The Balaban J connectivity index is 1.87. The first kappa shape index (κ1) is 29.8. The third-order valence-electron chi connectivity index (χ3n) is 6.69. The SMILES string of the molecule is [B]CCCCCCCc1cccc(/C=C(\NC)C(=C)C(Cc2ccccc2)=N/C(=C\NC)c2ccccc2)c1. The van der Waals surface area contributed by atoms with Crippen LogP contribution in [-0.4, -0.2) is 27.7 Å². The second-order valence-corrected chi connectivity index (χ2v) is 9.74. The van der Waals surface area contributed by atoms with E-state index in [-0.39, 0.29) is 0 Å². The molecule has 200 valence electrons. The van der Waals surface area contributed by atoms with Gasteiger partial charge in [0.1, 0.15) is 0 Å². The molecule has 4 heteroatoms. The lowest BCUT2D eigenvalue weighted by Gasteiger charge is -2.16. The molecule has 0 aromatic heterocycles. The molecule has 0 saturated carbocycles. The van der Waals surface area contributed by atoms with Gasteiger partial charge in [-0.3, -0.25) is 4.99 Å². The number of likely N-dealkylation sites (N-methyl/N-ethyl adjacent to an activating group) is 1. The highest BCUT2D eigenvalue weighted by Crippen LogP contribution is 2.22. The first-order valence-electron chi connectivity index (χ1n) is 14.1. The van der Waals surface area contributed by atoms with Crippen LogP contribution in [0, 0.1) is 0 Å². The minimum Gasteiger partial charge on any atom is -0.392 e. The maximum absolute atomic E-state index is 5.61. The second kappa shape index (κ2) is 16.9. The quantitative estimate of drug-likeness (QED) is 0.0884. The molecule has 39 heavy (non-hydrogen) atoms. The van der Waals surface area contributed by atoms with Crippen molar-refractivity contribution in [1.82, 2.24) is 10.6 Å². The van der Waals surface area contributed by atoms with E-state index in [9.17, 15) is 0 Å². The summed E-state index contributed by atoms with van der Waals surface area (Å²) in [5, 5.41) is 6.55. The maximum atomic E-state index is 5.61. The standard InChI is InChI=1S/C35H42BN3/c1-28(33(38-3)26-31-20-15-19-29(24-31)16-9-5-4-6-14-23-36)34(25-30-17-10-7-11-18-30)39-35(27-37-2)32-21-12-8-13-22-32/h7-8,10-13,15,17-22,24,26-27,37-38H,1,4-6,9,14,16,23,25H2,2-3H3/b33-26-,35-27-,39-34?. The fourth-order valence-corrected chi connectivity index (χ4v) is 4.55. The fourth-order valence-electron chi connectivity index (χ4n) is 4.55. The smallest absolute Gasteiger partial charge is 0.0861 e. The predicted molar refractivity (Wildman–Crippen MR) is 171 cm³/mol. The van der Waals surface area contributed by atoms with Gasteiger partial charge in [-0.05, 0) is 35.6 Å². The summed E-state index contributed by atoms with van der Waals surface area (Å²) in [6.07, 6.45) is 12.8. The van der Waals surface area contributed by atoms with Gasteiger partial charge in [-0.1, -0.05) is 124 Å². The summed E-state index contributed by atoms with van der Waals surface area (Å²) in [6.45, 7) is 4.51. The first-order valence-corrected chi connectivity index (χ1v) is 14.1. The van der Waals surface area contributed by atoms with E-state index in [0.717, 1.165) is 53.0 Å². The second-order valence-electron chi connectivity index (χ2n) is 9.74. The highest BCUT2D eigenvalue weighted by Gasteiger charge is 2.13. The van der Waals surface area contributed by atoms with Gasteiger partial charge in [0.25, 0.3) is 0 Å². The Morgan fingerprint density at radius 1 is 0.821 bits per heavy atom. The summed E-state index contributed by atoms with van der Waals surface area (Å²) in [5.74, 6) is 0. The van der Waals surface area contributed by atoms with Crippen molar-refractivity contribution < 1.29 is 0 Å². The summed E-state index contributed by atoms with van der Waals surface area (Å²) >= 11 is 0. The van der Waals surface area contributed by atoms with E-state index in [2.05, 4.69) is 84.0 Å². The van der Waals surface area contributed by atoms with Gasteiger partial charge in [0, 0.05) is 43.5 Å². The number of nitrogens with one attached hydrogen (secondary N) is 2. The average Bonchev–Trinajstić information content (AvgIpc) is 2.98. The van der Waals surface area contributed by atoms with Crippen LogP contribution in [0.15, 0.2) is 114 Å². The monoisotopic (exact) mass is 515 g/mol. The number of benzene rings is 3. The van der Waals surface area contributed by atoms with Crippen molar-refractivity contribution in [1.29, 1.82) is 0 Å². The van der Waals surface area contributed by atoms with Crippen LogP contribution in [0.4, 0.5) is 0 Å². The molecule has 3 rings (SSSR count). The van der Waals surface area contributed by atoms with Crippen LogP contribution in [0.3, 0.4) is 0 Å². The average molecular weight is 516 g/mol.